The lowest BCUT2D eigenvalue weighted by molar-refractivity contribution is -0.0149. The SMILES string of the molecule is CC(C)(C)OCc1ccnc(C(N)=S)c1. The van der Waals surface area contributed by atoms with Crippen molar-refractivity contribution in [2.75, 3.05) is 0 Å². The molecule has 1 heterocycles. The first-order valence-corrected chi connectivity index (χ1v) is 5.18. The fourth-order valence-corrected chi connectivity index (χ4v) is 1.11. The van der Waals surface area contributed by atoms with E-state index >= 15 is 0 Å². The van der Waals surface area contributed by atoms with Gasteiger partial charge in [0.25, 0.3) is 0 Å². The molecular weight excluding hydrogens is 208 g/mol. The van der Waals surface area contributed by atoms with Crippen LogP contribution in [0.1, 0.15) is 32.0 Å². The summed E-state index contributed by atoms with van der Waals surface area (Å²) in [7, 11) is 0. The first-order chi connectivity index (χ1) is 6.88. The highest BCUT2D eigenvalue weighted by molar-refractivity contribution is 7.80. The van der Waals surface area contributed by atoms with Crippen molar-refractivity contribution in [3.8, 4) is 0 Å². The van der Waals surface area contributed by atoms with Crippen molar-refractivity contribution in [3.05, 3.63) is 29.6 Å². The van der Waals surface area contributed by atoms with Gasteiger partial charge in [-0.2, -0.15) is 0 Å². The smallest absolute Gasteiger partial charge is 0.122 e. The molecule has 0 saturated carbocycles. The standard InChI is InChI=1S/C11H16N2OS/c1-11(2,3)14-7-8-4-5-13-9(6-8)10(12)15/h4-6H,7H2,1-3H3,(H2,12,15). The highest BCUT2D eigenvalue weighted by Gasteiger charge is 2.10. The number of aromatic nitrogens is 1. The Morgan fingerprint density at radius 3 is 2.73 bits per heavy atom. The van der Waals surface area contributed by atoms with E-state index in [4.69, 9.17) is 22.7 Å². The van der Waals surface area contributed by atoms with Crippen LogP contribution in [0.25, 0.3) is 0 Å². The Hall–Kier alpha value is -1.00. The predicted octanol–water partition coefficient (Wildman–Crippen LogP) is 2.03. The molecule has 0 radical (unpaired) electrons. The number of nitrogens with zero attached hydrogens (tertiary/aromatic N) is 1. The maximum atomic E-state index is 5.64. The summed E-state index contributed by atoms with van der Waals surface area (Å²) in [6, 6.07) is 3.75. The summed E-state index contributed by atoms with van der Waals surface area (Å²) in [6.07, 6.45) is 1.69. The number of rotatable bonds is 3. The molecule has 0 aliphatic carbocycles. The maximum absolute atomic E-state index is 5.64. The Kier molecular flexibility index (Phi) is 3.77. The van der Waals surface area contributed by atoms with Gasteiger partial charge in [-0.1, -0.05) is 12.2 Å². The zero-order chi connectivity index (χ0) is 11.5. The molecule has 0 amide bonds. The molecule has 3 nitrogen and oxygen atoms in total. The summed E-state index contributed by atoms with van der Waals surface area (Å²) in [5.41, 5.74) is 7.02. The van der Waals surface area contributed by atoms with Gasteiger partial charge in [0.2, 0.25) is 0 Å². The number of ether oxygens (including phenoxy) is 1. The number of thiocarbonyl (C=S) groups is 1. The Morgan fingerprint density at radius 1 is 1.53 bits per heavy atom. The minimum absolute atomic E-state index is 0.146. The summed E-state index contributed by atoms with van der Waals surface area (Å²) in [5, 5.41) is 0. The molecule has 0 saturated heterocycles. The Bertz CT molecular complexity index is 358. The Morgan fingerprint density at radius 2 is 2.20 bits per heavy atom. The molecular formula is C11H16N2OS. The molecule has 0 unspecified atom stereocenters. The molecule has 0 bridgehead atoms. The van der Waals surface area contributed by atoms with Crippen LogP contribution >= 0.6 is 12.2 Å². The normalized spacial score (nSPS) is 11.4. The monoisotopic (exact) mass is 224 g/mol. The minimum Gasteiger partial charge on any atom is -0.388 e. The van der Waals surface area contributed by atoms with E-state index in [0.717, 1.165) is 5.56 Å². The zero-order valence-corrected chi connectivity index (χ0v) is 10.1. The maximum Gasteiger partial charge on any atom is 0.122 e. The van der Waals surface area contributed by atoms with Crippen LogP contribution in [0.2, 0.25) is 0 Å². The molecule has 1 rings (SSSR count). The average molecular weight is 224 g/mol. The first-order valence-electron chi connectivity index (χ1n) is 4.77. The van der Waals surface area contributed by atoms with Gasteiger partial charge in [-0.15, -0.1) is 0 Å². The van der Waals surface area contributed by atoms with E-state index in [0.29, 0.717) is 17.3 Å². The second-order valence-corrected chi connectivity index (χ2v) is 4.75. The van der Waals surface area contributed by atoms with Gasteiger partial charge in [0, 0.05) is 6.20 Å². The molecule has 0 aliphatic heterocycles. The largest absolute Gasteiger partial charge is 0.388 e. The van der Waals surface area contributed by atoms with Crippen LogP contribution in [0.15, 0.2) is 18.3 Å². The number of pyridine rings is 1. The average Bonchev–Trinajstić information content (AvgIpc) is 2.14. The van der Waals surface area contributed by atoms with E-state index in [9.17, 15) is 0 Å². The molecule has 0 atom stereocenters. The lowest BCUT2D eigenvalue weighted by Gasteiger charge is -2.19. The van der Waals surface area contributed by atoms with Crippen LogP contribution in [0, 0.1) is 0 Å². The molecule has 0 fully saturated rings. The number of nitrogens with two attached hydrogens (primary N) is 1. The van der Waals surface area contributed by atoms with Crippen molar-refractivity contribution in [2.45, 2.75) is 33.0 Å². The lowest BCUT2D eigenvalue weighted by atomic mass is 10.2. The molecule has 2 N–H and O–H groups in total. The number of hydrogen-bond donors (Lipinski definition) is 1. The predicted molar refractivity (Wildman–Crippen MR) is 64.7 cm³/mol. The third-order valence-corrected chi connectivity index (χ3v) is 1.96. The topological polar surface area (TPSA) is 48.1 Å². The van der Waals surface area contributed by atoms with Crippen LogP contribution < -0.4 is 5.73 Å². The fourth-order valence-electron chi connectivity index (χ4n) is 0.999. The van der Waals surface area contributed by atoms with Gasteiger partial charge in [0.1, 0.15) is 4.99 Å². The second-order valence-electron chi connectivity index (χ2n) is 4.31. The molecule has 4 heteroatoms. The molecule has 0 spiro atoms. The van der Waals surface area contributed by atoms with Crippen LogP contribution in [0.3, 0.4) is 0 Å². The van der Waals surface area contributed by atoms with Crippen LogP contribution in [0.4, 0.5) is 0 Å². The molecule has 82 valence electrons. The lowest BCUT2D eigenvalue weighted by Crippen LogP contribution is -2.19. The van der Waals surface area contributed by atoms with Crippen LogP contribution in [-0.4, -0.2) is 15.6 Å². The summed E-state index contributed by atoms with van der Waals surface area (Å²) in [5.74, 6) is 0. The zero-order valence-electron chi connectivity index (χ0n) is 9.28. The highest BCUT2D eigenvalue weighted by Crippen LogP contribution is 2.11. The summed E-state index contributed by atoms with van der Waals surface area (Å²) in [4.78, 5) is 4.37. The molecule has 0 aliphatic rings. The van der Waals surface area contributed by atoms with E-state index in [2.05, 4.69) is 4.98 Å². The molecule has 15 heavy (non-hydrogen) atoms. The summed E-state index contributed by atoms with van der Waals surface area (Å²) in [6.45, 7) is 6.59. The van der Waals surface area contributed by atoms with E-state index < -0.39 is 0 Å². The van der Waals surface area contributed by atoms with Crippen LogP contribution in [0.5, 0.6) is 0 Å². The van der Waals surface area contributed by atoms with Gasteiger partial charge in [-0.3, -0.25) is 4.98 Å². The summed E-state index contributed by atoms with van der Waals surface area (Å²) < 4.78 is 5.64. The third-order valence-electron chi connectivity index (χ3n) is 1.75. The van der Waals surface area contributed by atoms with E-state index in [1.165, 1.54) is 0 Å². The third kappa shape index (κ3) is 4.36. The van der Waals surface area contributed by atoms with Gasteiger partial charge < -0.3 is 10.5 Å². The molecule has 1 aromatic rings. The summed E-state index contributed by atoms with van der Waals surface area (Å²) >= 11 is 4.85. The van der Waals surface area contributed by atoms with Crippen molar-refractivity contribution in [1.82, 2.24) is 4.98 Å². The van der Waals surface area contributed by atoms with Crippen molar-refractivity contribution < 1.29 is 4.74 Å². The van der Waals surface area contributed by atoms with E-state index in [-0.39, 0.29) is 5.60 Å². The van der Waals surface area contributed by atoms with Gasteiger partial charge in [0.05, 0.1) is 17.9 Å². The van der Waals surface area contributed by atoms with Crippen molar-refractivity contribution in [1.29, 1.82) is 0 Å². The minimum atomic E-state index is -0.146. The molecule has 0 aromatic carbocycles. The van der Waals surface area contributed by atoms with Gasteiger partial charge >= 0.3 is 0 Å². The molecule has 1 aromatic heterocycles. The van der Waals surface area contributed by atoms with Crippen molar-refractivity contribution in [2.24, 2.45) is 5.73 Å². The van der Waals surface area contributed by atoms with E-state index in [1.54, 1.807) is 6.20 Å². The Labute approximate surface area is 95.7 Å². The number of hydrogen-bond acceptors (Lipinski definition) is 3. The Balaban J connectivity index is 2.70. The quantitative estimate of drug-likeness (QED) is 0.798. The van der Waals surface area contributed by atoms with Gasteiger partial charge in [0.15, 0.2) is 0 Å². The van der Waals surface area contributed by atoms with Gasteiger partial charge in [-0.05, 0) is 38.5 Å². The van der Waals surface area contributed by atoms with Crippen molar-refractivity contribution >= 4 is 17.2 Å². The van der Waals surface area contributed by atoms with E-state index in [1.807, 2.05) is 32.9 Å². The first kappa shape index (κ1) is 12.1. The second kappa shape index (κ2) is 4.68. The highest BCUT2D eigenvalue weighted by atomic mass is 32.1. The fraction of sp³-hybridized carbons (Fsp3) is 0.455. The van der Waals surface area contributed by atoms with Crippen molar-refractivity contribution in [3.63, 3.8) is 0 Å². The van der Waals surface area contributed by atoms with Gasteiger partial charge in [-0.25, -0.2) is 0 Å². The van der Waals surface area contributed by atoms with Crippen LogP contribution in [-0.2, 0) is 11.3 Å².